The Morgan fingerprint density at radius 1 is 1.12 bits per heavy atom. The van der Waals surface area contributed by atoms with Gasteiger partial charge in [-0.15, -0.1) is 0 Å². The van der Waals surface area contributed by atoms with Gasteiger partial charge in [-0.05, 0) is 55.3 Å². The Hall–Kier alpha value is -3.71. The van der Waals surface area contributed by atoms with Crippen molar-refractivity contribution >= 4 is 16.9 Å². The molecule has 4 aromatic rings. The molecule has 0 atom stereocenters. The molecule has 3 N–H and O–H groups in total. The number of benzene rings is 2. The Morgan fingerprint density at radius 3 is 2.66 bits per heavy atom. The number of aromatic nitrogens is 3. The van der Waals surface area contributed by atoms with Gasteiger partial charge in [0.25, 0.3) is 0 Å². The van der Waals surface area contributed by atoms with Gasteiger partial charge in [0, 0.05) is 29.7 Å². The summed E-state index contributed by atoms with van der Waals surface area (Å²) in [5, 5.41) is 15.0. The summed E-state index contributed by atoms with van der Waals surface area (Å²) in [5.41, 5.74) is 11.1. The lowest BCUT2D eigenvalue weighted by molar-refractivity contribution is -0.136. The normalized spacial score (nSPS) is 11.2. The number of aliphatic carboxylic acids is 1. The summed E-state index contributed by atoms with van der Waals surface area (Å²) in [7, 11) is 0. The van der Waals surface area contributed by atoms with Gasteiger partial charge in [0.1, 0.15) is 18.1 Å². The molecule has 0 bridgehead atoms. The minimum Gasteiger partial charge on any atom is -0.487 e. The maximum absolute atomic E-state index is 11.2. The zero-order valence-corrected chi connectivity index (χ0v) is 18.2. The number of para-hydroxylation sites is 1. The van der Waals surface area contributed by atoms with Gasteiger partial charge in [0.05, 0.1) is 17.6 Å². The number of carbonyl (C=O) groups is 1. The van der Waals surface area contributed by atoms with E-state index < -0.39 is 5.97 Å². The van der Waals surface area contributed by atoms with Crippen LogP contribution in [0.3, 0.4) is 0 Å². The van der Waals surface area contributed by atoms with Gasteiger partial charge in [0.2, 0.25) is 0 Å². The third kappa shape index (κ3) is 4.48. The molecule has 2 aromatic carbocycles. The molecule has 0 radical (unpaired) electrons. The van der Waals surface area contributed by atoms with Gasteiger partial charge in [-0.2, -0.15) is 5.10 Å². The van der Waals surface area contributed by atoms with Crippen LogP contribution in [0.1, 0.15) is 36.8 Å². The smallest absolute Gasteiger partial charge is 0.307 e. The highest BCUT2D eigenvalue weighted by Gasteiger charge is 2.16. The van der Waals surface area contributed by atoms with Crippen molar-refractivity contribution in [1.29, 1.82) is 0 Å². The van der Waals surface area contributed by atoms with Crippen LogP contribution in [0.2, 0.25) is 0 Å². The SMILES string of the molecule is CC(C)n1nc(COc2ccccc2CC(=O)O)c2cc(-c3ccnc(CN)c3)ccc21. The van der Waals surface area contributed by atoms with Gasteiger partial charge < -0.3 is 15.6 Å². The second-order valence-corrected chi connectivity index (χ2v) is 7.92. The molecular formula is C25H26N4O3. The molecule has 0 saturated carbocycles. The molecule has 7 heteroatoms. The van der Waals surface area contributed by atoms with Crippen LogP contribution in [-0.4, -0.2) is 25.8 Å². The predicted octanol–water partition coefficient (Wildman–Crippen LogP) is 4.34. The number of carboxylic acid groups (broad SMARTS) is 1. The molecule has 0 aliphatic heterocycles. The van der Waals surface area contributed by atoms with E-state index in [1.165, 1.54) is 0 Å². The first-order chi connectivity index (χ1) is 15.5. The fourth-order valence-electron chi connectivity index (χ4n) is 3.75. The van der Waals surface area contributed by atoms with E-state index in [-0.39, 0.29) is 19.1 Å². The van der Waals surface area contributed by atoms with Crippen LogP contribution in [0.25, 0.3) is 22.0 Å². The summed E-state index contributed by atoms with van der Waals surface area (Å²) < 4.78 is 8.03. The molecule has 0 aliphatic carbocycles. The highest BCUT2D eigenvalue weighted by atomic mass is 16.5. The van der Waals surface area contributed by atoms with E-state index in [1.807, 2.05) is 28.9 Å². The summed E-state index contributed by atoms with van der Waals surface area (Å²) in [6.07, 6.45) is 1.68. The summed E-state index contributed by atoms with van der Waals surface area (Å²) in [6.45, 7) is 4.80. The first-order valence-corrected chi connectivity index (χ1v) is 10.5. The molecule has 0 spiro atoms. The van der Waals surface area contributed by atoms with Crippen molar-refractivity contribution in [2.75, 3.05) is 0 Å². The van der Waals surface area contributed by atoms with E-state index in [0.717, 1.165) is 33.4 Å². The molecule has 0 aliphatic rings. The summed E-state index contributed by atoms with van der Waals surface area (Å²) >= 11 is 0. The minimum absolute atomic E-state index is 0.0903. The third-order valence-corrected chi connectivity index (χ3v) is 5.31. The van der Waals surface area contributed by atoms with E-state index in [0.29, 0.717) is 17.9 Å². The quantitative estimate of drug-likeness (QED) is 0.431. The van der Waals surface area contributed by atoms with E-state index in [1.54, 1.807) is 18.3 Å². The lowest BCUT2D eigenvalue weighted by Gasteiger charge is -2.09. The average molecular weight is 431 g/mol. The van der Waals surface area contributed by atoms with Crippen LogP contribution in [0.15, 0.2) is 60.8 Å². The largest absolute Gasteiger partial charge is 0.487 e. The number of hydrogen-bond donors (Lipinski definition) is 2. The lowest BCUT2D eigenvalue weighted by atomic mass is 10.0. The van der Waals surface area contributed by atoms with Gasteiger partial charge >= 0.3 is 5.97 Å². The highest BCUT2D eigenvalue weighted by Crippen LogP contribution is 2.29. The van der Waals surface area contributed by atoms with Crippen LogP contribution in [0, 0.1) is 0 Å². The Morgan fingerprint density at radius 2 is 1.91 bits per heavy atom. The van der Waals surface area contributed by atoms with Crippen molar-refractivity contribution in [3.05, 3.63) is 77.7 Å². The summed E-state index contributed by atoms with van der Waals surface area (Å²) in [4.78, 5) is 15.5. The molecule has 0 fully saturated rings. The predicted molar refractivity (Wildman–Crippen MR) is 123 cm³/mol. The van der Waals surface area contributed by atoms with Gasteiger partial charge in [-0.25, -0.2) is 0 Å². The Kier molecular flexibility index (Phi) is 6.18. The van der Waals surface area contributed by atoms with Crippen LogP contribution >= 0.6 is 0 Å². The molecule has 7 nitrogen and oxygen atoms in total. The second-order valence-electron chi connectivity index (χ2n) is 7.92. The number of hydrogen-bond acceptors (Lipinski definition) is 5. The highest BCUT2D eigenvalue weighted by molar-refractivity contribution is 5.87. The van der Waals surface area contributed by atoms with E-state index in [4.69, 9.17) is 15.6 Å². The van der Waals surface area contributed by atoms with Crippen molar-refractivity contribution in [3.63, 3.8) is 0 Å². The standard InChI is InChI=1S/C25H26N4O3/c1-16(2)29-23-8-7-17(18-9-10-27-20(11-18)14-26)12-21(23)22(28-29)15-32-24-6-4-3-5-19(24)13-25(30)31/h3-12,16H,13-15,26H2,1-2H3,(H,30,31). The fraction of sp³-hybridized carbons (Fsp3) is 0.240. The topological polar surface area (TPSA) is 103 Å². The number of fused-ring (bicyclic) bond motifs is 1. The second kappa shape index (κ2) is 9.20. The zero-order chi connectivity index (χ0) is 22.7. The molecule has 0 amide bonds. The Bertz CT molecular complexity index is 1260. The maximum atomic E-state index is 11.2. The van der Waals surface area contributed by atoms with Gasteiger partial charge in [-0.3, -0.25) is 14.5 Å². The summed E-state index contributed by atoms with van der Waals surface area (Å²) in [5.74, 6) is -0.338. The molecule has 4 rings (SSSR count). The van der Waals surface area contributed by atoms with Crippen molar-refractivity contribution in [2.24, 2.45) is 5.73 Å². The number of nitrogens with two attached hydrogens (primary N) is 1. The van der Waals surface area contributed by atoms with E-state index in [9.17, 15) is 9.90 Å². The van der Waals surface area contributed by atoms with Crippen LogP contribution in [0.5, 0.6) is 5.75 Å². The minimum atomic E-state index is -0.894. The average Bonchev–Trinajstić information content (AvgIpc) is 3.16. The van der Waals surface area contributed by atoms with Crippen molar-refractivity contribution in [1.82, 2.24) is 14.8 Å². The summed E-state index contributed by atoms with van der Waals surface area (Å²) in [6, 6.07) is 17.6. The molecule has 2 aromatic heterocycles. The first-order valence-electron chi connectivity index (χ1n) is 10.5. The third-order valence-electron chi connectivity index (χ3n) is 5.31. The molecule has 0 unspecified atom stereocenters. The van der Waals surface area contributed by atoms with Crippen molar-refractivity contribution < 1.29 is 14.6 Å². The van der Waals surface area contributed by atoms with Gasteiger partial charge in [0.15, 0.2) is 0 Å². The van der Waals surface area contributed by atoms with E-state index in [2.05, 4.69) is 37.0 Å². The number of carboxylic acids is 1. The van der Waals surface area contributed by atoms with Gasteiger partial charge in [-0.1, -0.05) is 24.3 Å². The zero-order valence-electron chi connectivity index (χ0n) is 18.2. The molecule has 2 heterocycles. The number of ether oxygens (including phenoxy) is 1. The Balaban J connectivity index is 1.71. The van der Waals surface area contributed by atoms with Crippen LogP contribution in [0.4, 0.5) is 0 Å². The Labute approximate surface area is 186 Å². The molecule has 32 heavy (non-hydrogen) atoms. The van der Waals surface area contributed by atoms with Crippen LogP contribution < -0.4 is 10.5 Å². The molecule has 0 saturated heterocycles. The van der Waals surface area contributed by atoms with Crippen molar-refractivity contribution in [3.8, 4) is 16.9 Å². The maximum Gasteiger partial charge on any atom is 0.307 e. The fourth-order valence-corrected chi connectivity index (χ4v) is 3.75. The number of nitrogens with zero attached hydrogens (tertiary/aromatic N) is 3. The number of rotatable bonds is 8. The van der Waals surface area contributed by atoms with Crippen molar-refractivity contribution in [2.45, 2.75) is 39.5 Å². The first kappa shape index (κ1) is 21.5. The molecule has 164 valence electrons. The number of pyridine rings is 1. The van der Waals surface area contributed by atoms with E-state index >= 15 is 0 Å². The lowest BCUT2D eigenvalue weighted by Crippen LogP contribution is -2.06. The monoisotopic (exact) mass is 430 g/mol. The van der Waals surface area contributed by atoms with Crippen LogP contribution in [-0.2, 0) is 24.4 Å². The molecular weight excluding hydrogens is 404 g/mol.